The number of rotatable bonds is 6. The zero-order chi connectivity index (χ0) is 15.9. The molecule has 1 aromatic heterocycles. The average molecular weight is 342 g/mol. The fourth-order valence-electron chi connectivity index (χ4n) is 1.68. The lowest BCUT2D eigenvalue weighted by Gasteiger charge is -2.08. The summed E-state index contributed by atoms with van der Waals surface area (Å²) >= 11 is 11.7. The normalized spacial score (nSPS) is 10.3. The fourth-order valence-corrected chi connectivity index (χ4v) is 2.13. The zero-order valence-corrected chi connectivity index (χ0v) is 13.0. The van der Waals surface area contributed by atoms with Gasteiger partial charge in [0.25, 0.3) is 5.91 Å². The van der Waals surface area contributed by atoms with Crippen molar-refractivity contribution in [2.45, 2.75) is 12.8 Å². The van der Waals surface area contributed by atoms with Crippen LogP contribution < -0.4 is 5.32 Å². The third-order valence-electron chi connectivity index (χ3n) is 2.73. The van der Waals surface area contributed by atoms with Crippen molar-refractivity contribution in [1.82, 2.24) is 0 Å². The third kappa shape index (κ3) is 5.09. The molecule has 1 N–H and O–H groups in total. The molecule has 5 nitrogen and oxygen atoms in total. The van der Waals surface area contributed by atoms with E-state index in [1.807, 2.05) is 0 Å². The number of esters is 1. The van der Waals surface area contributed by atoms with Crippen LogP contribution in [0.2, 0.25) is 10.0 Å². The van der Waals surface area contributed by atoms with E-state index >= 15 is 0 Å². The predicted octanol–water partition coefficient (Wildman–Crippen LogP) is 3.70. The number of carbonyl (C=O) groups is 2. The Bertz CT molecular complexity index is 656. The van der Waals surface area contributed by atoms with Gasteiger partial charge in [-0.1, -0.05) is 23.2 Å². The van der Waals surface area contributed by atoms with Crippen LogP contribution in [0.25, 0.3) is 0 Å². The lowest BCUT2D eigenvalue weighted by atomic mass is 10.2. The van der Waals surface area contributed by atoms with Gasteiger partial charge >= 0.3 is 5.97 Å². The minimum atomic E-state index is -0.478. The maximum absolute atomic E-state index is 11.7. The molecule has 1 amide bonds. The number of anilines is 1. The highest BCUT2D eigenvalue weighted by Gasteiger charge is 2.10. The summed E-state index contributed by atoms with van der Waals surface area (Å²) in [4.78, 5) is 23.2. The van der Waals surface area contributed by atoms with Gasteiger partial charge in [0.1, 0.15) is 5.76 Å². The Kier molecular flexibility index (Phi) is 5.86. The molecule has 0 aliphatic heterocycles. The molecule has 1 heterocycles. The third-order valence-corrected chi connectivity index (χ3v) is 3.27. The Morgan fingerprint density at radius 3 is 2.73 bits per heavy atom. The van der Waals surface area contributed by atoms with Crippen LogP contribution in [0.4, 0.5) is 5.69 Å². The summed E-state index contributed by atoms with van der Waals surface area (Å²) in [7, 11) is 0. The zero-order valence-electron chi connectivity index (χ0n) is 11.5. The Morgan fingerprint density at radius 1 is 1.23 bits per heavy atom. The van der Waals surface area contributed by atoms with Gasteiger partial charge in [-0.3, -0.25) is 9.59 Å². The lowest BCUT2D eigenvalue weighted by molar-refractivity contribution is -0.147. The van der Waals surface area contributed by atoms with E-state index in [-0.39, 0.29) is 13.0 Å². The van der Waals surface area contributed by atoms with E-state index < -0.39 is 11.9 Å². The molecule has 22 heavy (non-hydrogen) atoms. The van der Waals surface area contributed by atoms with Gasteiger partial charge in [-0.2, -0.15) is 0 Å². The van der Waals surface area contributed by atoms with Crippen molar-refractivity contribution >= 4 is 40.8 Å². The first-order valence-corrected chi connectivity index (χ1v) is 7.23. The monoisotopic (exact) mass is 341 g/mol. The summed E-state index contributed by atoms with van der Waals surface area (Å²) in [6, 6.07) is 8.18. The van der Waals surface area contributed by atoms with Gasteiger partial charge in [0, 0.05) is 11.4 Å². The molecule has 0 spiro atoms. The van der Waals surface area contributed by atoms with Crippen molar-refractivity contribution in [3.05, 3.63) is 52.4 Å². The second-order valence-corrected chi connectivity index (χ2v) is 5.26. The van der Waals surface area contributed by atoms with Crippen molar-refractivity contribution in [2.24, 2.45) is 0 Å². The lowest BCUT2D eigenvalue weighted by Crippen LogP contribution is -2.21. The van der Waals surface area contributed by atoms with Crippen LogP contribution in [0, 0.1) is 0 Å². The van der Waals surface area contributed by atoms with Gasteiger partial charge in [0.2, 0.25) is 0 Å². The topological polar surface area (TPSA) is 68.5 Å². The summed E-state index contributed by atoms with van der Waals surface area (Å²) in [6.45, 7) is -0.379. The van der Waals surface area contributed by atoms with E-state index in [1.54, 1.807) is 24.3 Å². The molecular formula is C15H13Cl2NO4. The van der Waals surface area contributed by atoms with Crippen molar-refractivity contribution in [3.63, 3.8) is 0 Å². The van der Waals surface area contributed by atoms with Crippen LogP contribution in [0.3, 0.4) is 0 Å². The van der Waals surface area contributed by atoms with Crippen molar-refractivity contribution in [3.8, 4) is 0 Å². The van der Waals surface area contributed by atoms with Crippen LogP contribution in [0.15, 0.2) is 41.0 Å². The van der Waals surface area contributed by atoms with Gasteiger partial charge in [-0.15, -0.1) is 0 Å². The Balaban J connectivity index is 1.74. The van der Waals surface area contributed by atoms with Crippen molar-refractivity contribution < 1.29 is 18.7 Å². The highest BCUT2D eigenvalue weighted by atomic mass is 35.5. The van der Waals surface area contributed by atoms with E-state index in [2.05, 4.69) is 5.32 Å². The fraction of sp³-hybridized carbons (Fsp3) is 0.200. The summed E-state index contributed by atoms with van der Waals surface area (Å²) in [5.41, 5.74) is 0.405. The minimum absolute atomic E-state index is 0.141. The molecule has 7 heteroatoms. The number of benzene rings is 1. The van der Waals surface area contributed by atoms with Crippen LogP contribution in [-0.4, -0.2) is 18.5 Å². The van der Waals surface area contributed by atoms with E-state index in [4.69, 9.17) is 32.4 Å². The van der Waals surface area contributed by atoms with E-state index in [0.717, 1.165) is 0 Å². The number of ether oxygens (including phenoxy) is 1. The van der Waals surface area contributed by atoms with E-state index in [1.165, 1.54) is 12.3 Å². The average Bonchev–Trinajstić information content (AvgIpc) is 2.99. The molecule has 0 aliphatic carbocycles. The highest BCUT2D eigenvalue weighted by molar-refractivity contribution is 6.36. The molecule has 0 atom stereocenters. The first kappa shape index (κ1) is 16.4. The number of furan rings is 1. The standard InChI is InChI=1S/C15H13Cl2NO4/c16-10-3-5-13(12(17)8-10)18-14(19)9-22-15(20)6-4-11-2-1-7-21-11/h1-3,5,7-8H,4,6,9H2,(H,18,19). The van der Waals surface area contributed by atoms with Crippen molar-refractivity contribution in [2.75, 3.05) is 11.9 Å². The highest BCUT2D eigenvalue weighted by Crippen LogP contribution is 2.25. The molecule has 0 bridgehead atoms. The number of aryl methyl sites for hydroxylation is 1. The number of carbonyl (C=O) groups excluding carboxylic acids is 2. The number of halogens is 2. The maximum Gasteiger partial charge on any atom is 0.306 e. The molecule has 116 valence electrons. The molecule has 2 aromatic rings. The van der Waals surface area contributed by atoms with Gasteiger partial charge in [0.05, 0.1) is 23.4 Å². The largest absolute Gasteiger partial charge is 0.469 e. The molecule has 0 saturated carbocycles. The summed E-state index contributed by atoms with van der Waals surface area (Å²) < 4.78 is 9.97. The predicted molar refractivity (Wildman–Crippen MR) is 83.1 cm³/mol. The Hall–Kier alpha value is -1.98. The summed E-state index contributed by atoms with van der Waals surface area (Å²) in [5, 5.41) is 3.31. The minimum Gasteiger partial charge on any atom is -0.469 e. The molecule has 2 rings (SSSR count). The number of hydrogen-bond donors (Lipinski definition) is 1. The maximum atomic E-state index is 11.7. The van der Waals surface area contributed by atoms with Gasteiger partial charge in [-0.25, -0.2) is 0 Å². The molecule has 0 saturated heterocycles. The van der Waals surface area contributed by atoms with Crippen LogP contribution in [0.5, 0.6) is 0 Å². The Labute approximate surface area is 137 Å². The number of amides is 1. The van der Waals surface area contributed by atoms with E-state index in [0.29, 0.717) is 27.9 Å². The second-order valence-electron chi connectivity index (χ2n) is 4.41. The first-order chi connectivity index (χ1) is 10.5. The molecule has 0 unspecified atom stereocenters. The first-order valence-electron chi connectivity index (χ1n) is 6.47. The SMILES string of the molecule is O=C(COC(=O)CCc1ccco1)Nc1ccc(Cl)cc1Cl. The van der Waals surface area contributed by atoms with Gasteiger partial charge in [0.15, 0.2) is 6.61 Å². The van der Waals surface area contributed by atoms with E-state index in [9.17, 15) is 9.59 Å². The molecule has 0 radical (unpaired) electrons. The smallest absolute Gasteiger partial charge is 0.306 e. The quantitative estimate of drug-likeness (QED) is 0.813. The van der Waals surface area contributed by atoms with Gasteiger partial charge in [-0.05, 0) is 30.3 Å². The summed E-state index contributed by atoms with van der Waals surface area (Å²) in [6.07, 6.45) is 2.10. The molecule has 0 aliphatic rings. The van der Waals surface area contributed by atoms with Gasteiger partial charge < -0.3 is 14.5 Å². The van der Waals surface area contributed by atoms with Crippen molar-refractivity contribution in [1.29, 1.82) is 0 Å². The Morgan fingerprint density at radius 2 is 2.05 bits per heavy atom. The molecule has 1 aromatic carbocycles. The summed E-state index contributed by atoms with van der Waals surface area (Å²) in [5.74, 6) is -0.265. The van der Waals surface area contributed by atoms with Crippen LogP contribution in [-0.2, 0) is 20.7 Å². The van der Waals surface area contributed by atoms with Crippen LogP contribution in [0.1, 0.15) is 12.2 Å². The van der Waals surface area contributed by atoms with Crippen LogP contribution >= 0.6 is 23.2 Å². The molecular weight excluding hydrogens is 329 g/mol. The second kappa shape index (κ2) is 7.87. The number of hydrogen-bond acceptors (Lipinski definition) is 4. The number of nitrogens with one attached hydrogen (secondary N) is 1. The molecule has 0 fully saturated rings.